The maximum atomic E-state index is 12.4. The molecule has 0 atom stereocenters. The molecule has 1 amide bonds. The van der Waals surface area contributed by atoms with Crippen molar-refractivity contribution in [3.05, 3.63) is 84.1 Å². The van der Waals surface area contributed by atoms with Gasteiger partial charge < -0.3 is 4.74 Å². The van der Waals surface area contributed by atoms with E-state index in [0.717, 1.165) is 27.6 Å². The van der Waals surface area contributed by atoms with Crippen molar-refractivity contribution in [3.63, 3.8) is 0 Å². The van der Waals surface area contributed by atoms with Crippen molar-refractivity contribution in [3.8, 4) is 17.0 Å². The maximum Gasteiger partial charge on any atom is 0.289 e. The Morgan fingerprint density at radius 2 is 1.90 bits per heavy atom. The largest absolute Gasteiger partial charge is 0.493 e. The molecule has 1 heterocycles. The minimum Gasteiger partial charge on any atom is -0.493 e. The third kappa shape index (κ3) is 4.01. The number of aromatic nitrogens is 2. The first-order valence-electron chi connectivity index (χ1n) is 9.35. The number of amides is 1. The molecule has 6 heteroatoms. The molecule has 6 nitrogen and oxygen atoms in total. The van der Waals surface area contributed by atoms with Crippen molar-refractivity contribution in [2.24, 2.45) is 5.10 Å². The van der Waals surface area contributed by atoms with Gasteiger partial charge in [-0.2, -0.15) is 10.2 Å². The number of aromatic amines is 1. The summed E-state index contributed by atoms with van der Waals surface area (Å²) in [6, 6.07) is 23.3. The molecule has 144 valence electrons. The molecule has 0 aliphatic rings. The SMILES string of the molecule is CCOc1ccccc1-c1cc(C(=O)N/N=C/c2cccc3ccccc23)[nH]n1. The van der Waals surface area contributed by atoms with Gasteiger partial charge in [-0.05, 0) is 35.9 Å². The van der Waals surface area contributed by atoms with Crippen LogP contribution in [0, 0.1) is 0 Å². The van der Waals surface area contributed by atoms with Crippen LogP contribution < -0.4 is 10.2 Å². The van der Waals surface area contributed by atoms with Crippen molar-refractivity contribution in [2.45, 2.75) is 6.92 Å². The fraction of sp³-hybridized carbons (Fsp3) is 0.0870. The van der Waals surface area contributed by atoms with Gasteiger partial charge in [0, 0.05) is 11.1 Å². The average molecular weight is 384 g/mol. The van der Waals surface area contributed by atoms with Crippen molar-refractivity contribution in [1.29, 1.82) is 0 Å². The van der Waals surface area contributed by atoms with Crippen LogP contribution in [0.1, 0.15) is 23.0 Å². The highest BCUT2D eigenvalue weighted by atomic mass is 16.5. The molecule has 0 bridgehead atoms. The lowest BCUT2D eigenvalue weighted by atomic mass is 10.1. The maximum absolute atomic E-state index is 12.4. The predicted octanol–water partition coefficient (Wildman–Crippen LogP) is 4.39. The topological polar surface area (TPSA) is 79.4 Å². The number of nitrogens with one attached hydrogen (secondary N) is 2. The fourth-order valence-electron chi connectivity index (χ4n) is 3.12. The van der Waals surface area contributed by atoms with Crippen LogP contribution in [0.3, 0.4) is 0 Å². The van der Waals surface area contributed by atoms with Crippen LogP contribution in [0.2, 0.25) is 0 Å². The van der Waals surface area contributed by atoms with Gasteiger partial charge in [-0.3, -0.25) is 9.89 Å². The molecule has 29 heavy (non-hydrogen) atoms. The number of hydrogen-bond acceptors (Lipinski definition) is 4. The number of para-hydroxylation sites is 1. The summed E-state index contributed by atoms with van der Waals surface area (Å²) in [6.07, 6.45) is 1.64. The zero-order valence-electron chi connectivity index (χ0n) is 15.9. The van der Waals surface area contributed by atoms with Crippen molar-refractivity contribution in [1.82, 2.24) is 15.6 Å². The second-order valence-corrected chi connectivity index (χ2v) is 6.36. The summed E-state index contributed by atoms with van der Waals surface area (Å²) in [5.41, 5.74) is 5.25. The molecule has 0 unspecified atom stereocenters. The van der Waals surface area contributed by atoms with E-state index in [9.17, 15) is 4.79 Å². The van der Waals surface area contributed by atoms with Crippen molar-refractivity contribution < 1.29 is 9.53 Å². The van der Waals surface area contributed by atoms with Gasteiger partial charge in [0.2, 0.25) is 0 Å². The summed E-state index contributed by atoms with van der Waals surface area (Å²) in [4.78, 5) is 12.4. The molecule has 3 aromatic carbocycles. The second-order valence-electron chi connectivity index (χ2n) is 6.36. The number of hydrogen-bond donors (Lipinski definition) is 2. The molecule has 0 aliphatic carbocycles. The number of benzene rings is 3. The summed E-state index contributed by atoms with van der Waals surface area (Å²) in [7, 11) is 0. The van der Waals surface area contributed by atoms with Crippen LogP contribution in [0.15, 0.2) is 77.9 Å². The van der Waals surface area contributed by atoms with E-state index in [0.29, 0.717) is 18.0 Å². The molecule has 4 aromatic rings. The zero-order valence-corrected chi connectivity index (χ0v) is 15.9. The number of ether oxygens (including phenoxy) is 1. The Hall–Kier alpha value is -3.93. The molecular weight excluding hydrogens is 364 g/mol. The molecule has 0 saturated heterocycles. The van der Waals surface area contributed by atoms with Gasteiger partial charge in [0.15, 0.2) is 0 Å². The zero-order chi connectivity index (χ0) is 20.1. The summed E-state index contributed by atoms with van der Waals surface area (Å²) in [6.45, 7) is 2.48. The van der Waals surface area contributed by atoms with E-state index in [1.807, 2.05) is 73.7 Å². The number of carbonyl (C=O) groups is 1. The monoisotopic (exact) mass is 384 g/mol. The molecule has 4 rings (SSSR count). The summed E-state index contributed by atoms with van der Waals surface area (Å²) >= 11 is 0. The highest BCUT2D eigenvalue weighted by Gasteiger charge is 2.13. The molecule has 0 saturated carbocycles. The van der Waals surface area contributed by atoms with Crippen LogP contribution in [-0.2, 0) is 0 Å². The van der Waals surface area contributed by atoms with Gasteiger partial charge in [-0.15, -0.1) is 0 Å². The Morgan fingerprint density at radius 3 is 2.79 bits per heavy atom. The summed E-state index contributed by atoms with van der Waals surface area (Å²) in [5, 5.41) is 13.3. The molecule has 0 fully saturated rings. The smallest absolute Gasteiger partial charge is 0.289 e. The number of fused-ring (bicyclic) bond motifs is 1. The lowest BCUT2D eigenvalue weighted by molar-refractivity contribution is 0.0950. The first-order chi connectivity index (χ1) is 14.3. The van der Waals surface area contributed by atoms with E-state index in [-0.39, 0.29) is 5.91 Å². The van der Waals surface area contributed by atoms with Crippen molar-refractivity contribution >= 4 is 22.9 Å². The number of nitrogens with zero attached hydrogens (tertiary/aromatic N) is 2. The van der Waals surface area contributed by atoms with Crippen molar-refractivity contribution in [2.75, 3.05) is 6.61 Å². The Kier molecular flexibility index (Phi) is 5.33. The van der Waals surface area contributed by atoms with Gasteiger partial charge in [0.25, 0.3) is 5.91 Å². The van der Waals surface area contributed by atoms with Crippen LogP contribution in [0.25, 0.3) is 22.0 Å². The van der Waals surface area contributed by atoms with E-state index in [1.54, 1.807) is 12.3 Å². The van der Waals surface area contributed by atoms with Gasteiger partial charge >= 0.3 is 0 Å². The minimum absolute atomic E-state index is 0.321. The lowest BCUT2D eigenvalue weighted by Gasteiger charge is -2.07. The molecule has 2 N–H and O–H groups in total. The van der Waals surface area contributed by atoms with Crippen LogP contribution >= 0.6 is 0 Å². The lowest BCUT2D eigenvalue weighted by Crippen LogP contribution is -2.18. The fourth-order valence-corrected chi connectivity index (χ4v) is 3.12. The second kappa shape index (κ2) is 8.39. The Bertz CT molecular complexity index is 1170. The van der Waals surface area contributed by atoms with Gasteiger partial charge in [0.05, 0.1) is 18.5 Å². The van der Waals surface area contributed by atoms with Crippen LogP contribution in [-0.4, -0.2) is 28.9 Å². The van der Waals surface area contributed by atoms with Gasteiger partial charge in [-0.25, -0.2) is 5.43 Å². The third-order valence-electron chi connectivity index (χ3n) is 4.48. The molecule has 0 aliphatic heterocycles. The molecule has 0 spiro atoms. The number of carbonyl (C=O) groups excluding carboxylic acids is 1. The van der Waals surface area contributed by atoms with Crippen LogP contribution in [0.4, 0.5) is 0 Å². The predicted molar refractivity (Wildman–Crippen MR) is 114 cm³/mol. The van der Waals surface area contributed by atoms with E-state index in [1.165, 1.54) is 0 Å². The van der Waals surface area contributed by atoms with Gasteiger partial charge in [0.1, 0.15) is 11.4 Å². The third-order valence-corrected chi connectivity index (χ3v) is 4.48. The quantitative estimate of drug-likeness (QED) is 0.382. The minimum atomic E-state index is -0.367. The number of rotatable bonds is 6. The molecule has 1 aromatic heterocycles. The Morgan fingerprint density at radius 1 is 1.10 bits per heavy atom. The normalized spacial score (nSPS) is 11.1. The standard InChI is InChI=1S/C23H20N4O2/c1-2-29-22-13-6-5-12-19(22)20-14-21(26-25-20)23(28)27-24-15-17-10-7-9-16-8-3-4-11-18(16)17/h3-15H,2H2,1H3,(H,25,26)(H,27,28)/b24-15+. The molecular formula is C23H20N4O2. The Labute approximate surface area is 168 Å². The highest BCUT2D eigenvalue weighted by molar-refractivity contribution is 6.00. The van der Waals surface area contributed by atoms with Crippen LogP contribution in [0.5, 0.6) is 5.75 Å². The average Bonchev–Trinajstić information content (AvgIpc) is 3.25. The van der Waals surface area contributed by atoms with E-state index in [4.69, 9.17) is 4.74 Å². The van der Waals surface area contributed by atoms with Gasteiger partial charge in [-0.1, -0.05) is 54.6 Å². The highest BCUT2D eigenvalue weighted by Crippen LogP contribution is 2.28. The summed E-state index contributed by atoms with van der Waals surface area (Å²) < 4.78 is 5.63. The van der Waals surface area contributed by atoms with E-state index in [2.05, 4.69) is 20.7 Å². The molecule has 0 radical (unpaired) electrons. The first-order valence-corrected chi connectivity index (χ1v) is 9.35. The Balaban J connectivity index is 1.49. The summed E-state index contributed by atoms with van der Waals surface area (Å²) in [5.74, 6) is 0.358. The van der Waals surface area contributed by atoms with E-state index >= 15 is 0 Å². The first kappa shape index (κ1) is 18.4. The van der Waals surface area contributed by atoms with E-state index < -0.39 is 0 Å². The number of hydrazone groups is 1. The number of H-pyrrole nitrogens is 1.